The van der Waals surface area contributed by atoms with E-state index in [1.165, 1.54) is 0 Å². The van der Waals surface area contributed by atoms with Crippen LogP contribution < -0.4 is 5.32 Å². The topological polar surface area (TPSA) is 40.2 Å². The van der Waals surface area contributed by atoms with Crippen LogP contribution in [0.15, 0.2) is 17.3 Å². The second-order valence-electron chi connectivity index (χ2n) is 2.23. The molecule has 0 aromatic carbocycles. The van der Waals surface area contributed by atoms with Gasteiger partial charge in [0, 0.05) is 31.6 Å². The molecule has 0 saturated carbocycles. The number of H-pyrrole nitrogens is 1. The van der Waals surface area contributed by atoms with Gasteiger partial charge in [0.2, 0.25) is 0 Å². The van der Waals surface area contributed by atoms with Gasteiger partial charge < -0.3 is 10.3 Å². The van der Waals surface area contributed by atoms with Gasteiger partial charge in [-0.3, -0.25) is 4.99 Å². The van der Waals surface area contributed by atoms with Crippen molar-refractivity contribution in [3.05, 3.63) is 17.8 Å². The van der Waals surface area contributed by atoms with Crippen LogP contribution in [0.1, 0.15) is 12.5 Å². The van der Waals surface area contributed by atoms with Crippen LogP contribution in [0.25, 0.3) is 0 Å². The van der Waals surface area contributed by atoms with Crippen molar-refractivity contribution in [3.63, 3.8) is 0 Å². The predicted octanol–water partition coefficient (Wildman–Crippen LogP) is 1.50. The molecule has 1 aromatic heterocycles. The van der Waals surface area contributed by atoms with Crippen LogP contribution in [0.5, 0.6) is 0 Å². The van der Waals surface area contributed by atoms with Gasteiger partial charge in [-0.05, 0) is 13.0 Å². The quantitative estimate of drug-likeness (QED) is 0.631. The minimum atomic E-state index is 0.922. The number of aliphatic imine (C=N–C) groups is 1. The second kappa shape index (κ2) is 3.81. The van der Waals surface area contributed by atoms with Gasteiger partial charge in [0.25, 0.3) is 0 Å². The van der Waals surface area contributed by atoms with Crippen molar-refractivity contribution in [3.8, 4) is 0 Å². The number of nitrogens with zero attached hydrogens (tertiary/aromatic N) is 1. The highest BCUT2D eigenvalue weighted by molar-refractivity contribution is 5.86. The van der Waals surface area contributed by atoms with E-state index in [1.807, 2.05) is 18.5 Å². The number of hydrogen-bond acceptors (Lipinski definition) is 2. The summed E-state index contributed by atoms with van der Waals surface area (Å²) in [6.45, 7) is 2.98. The molecule has 0 aliphatic rings. The molecule has 1 heterocycles. The summed E-state index contributed by atoms with van der Waals surface area (Å²) in [4.78, 5) is 7.03. The molecule has 3 nitrogen and oxygen atoms in total. The fraction of sp³-hybridized carbons (Fsp3) is 0.375. The van der Waals surface area contributed by atoms with Crippen molar-refractivity contribution >= 4 is 12.0 Å². The molecule has 0 aliphatic carbocycles. The molecule has 0 spiro atoms. The molecular weight excluding hydrogens is 138 g/mol. The van der Waals surface area contributed by atoms with Crippen molar-refractivity contribution in [2.75, 3.05) is 18.9 Å². The van der Waals surface area contributed by atoms with Gasteiger partial charge in [-0.1, -0.05) is 0 Å². The normalized spacial score (nSPS) is 10.7. The maximum Gasteiger partial charge on any atom is 0.112 e. The standard InChI is InChI=1S/C8H13N3/c1-3-10-8-7(6-9-2)4-5-11-8/h4-6,10-11H,3H2,1-2H3. The molecule has 1 aromatic rings. The molecule has 60 valence electrons. The third-order valence-corrected chi connectivity index (χ3v) is 1.40. The fourth-order valence-electron chi connectivity index (χ4n) is 0.958. The Labute approximate surface area is 66.5 Å². The number of nitrogens with one attached hydrogen (secondary N) is 2. The fourth-order valence-corrected chi connectivity index (χ4v) is 0.958. The van der Waals surface area contributed by atoms with Gasteiger partial charge >= 0.3 is 0 Å². The van der Waals surface area contributed by atoms with Crippen molar-refractivity contribution in [1.82, 2.24) is 4.98 Å². The predicted molar refractivity (Wildman–Crippen MR) is 48.5 cm³/mol. The van der Waals surface area contributed by atoms with Gasteiger partial charge in [0.1, 0.15) is 5.82 Å². The van der Waals surface area contributed by atoms with Gasteiger partial charge in [-0.25, -0.2) is 0 Å². The Hall–Kier alpha value is -1.25. The summed E-state index contributed by atoms with van der Waals surface area (Å²) >= 11 is 0. The van der Waals surface area contributed by atoms with E-state index in [0.29, 0.717) is 0 Å². The number of anilines is 1. The SMILES string of the molecule is CCNc1[nH]ccc1C=NC. The Balaban J connectivity index is 2.78. The lowest BCUT2D eigenvalue weighted by molar-refractivity contribution is 1.18. The summed E-state index contributed by atoms with van der Waals surface area (Å²) in [5.74, 6) is 1.04. The van der Waals surface area contributed by atoms with Crippen LogP contribution in [-0.4, -0.2) is 24.8 Å². The molecular formula is C8H13N3. The Morgan fingerprint density at radius 2 is 2.55 bits per heavy atom. The van der Waals surface area contributed by atoms with Crippen LogP contribution in [0, 0.1) is 0 Å². The molecule has 0 fully saturated rings. The first-order valence-electron chi connectivity index (χ1n) is 3.72. The zero-order valence-electron chi connectivity index (χ0n) is 6.89. The first-order chi connectivity index (χ1) is 5.38. The highest BCUT2D eigenvalue weighted by atomic mass is 15.0. The monoisotopic (exact) mass is 151 g/mol. The van der Waals surface area contributed by atoms with Crippen LogP contribution in [-0.2, 0) is 0 Å². The van der Waals surface area contributed by atoms with E-state index < -0.39 is 0 Å². The maximum absolute atomic E-state index is 3.94. The molecule has 3 heteroatoms. The summed E-state index contributed by atoms with van der Waals surface area (Å²) in [5.41, 5.74) is 1.11. The average Bonchev–Trinajstić information content (AvgIpc) is 2.39. The first kappa shape index (κ1) is 7.85. The third-order valence-electron chi connectivity index (χ3n) is 1.40. The maximum atomic E-state index is 3.94. The highest BCUT2D eigenvalue weighted by Crippen LogP contribution is 2.08. The average molecular weight is 151 g/mol. The van der Waals surface area contributed by atoms with Gasteiger partial charge in [0.05, 0.1) is 0 Å². The molecule has 0 bridgehead atoms. The van der Waals surface area contributed by atoms with Crippen molar-refractivity contribution in [2.45, 2.75) is 6.92 Å². The zero-order chi connectivity index (χ0) is 8.10. The third kappa shape index (κ3) is 1.83. The Morgan fingerprint density at radius 1 is 1.73 bits per heavy atom. The Kier molecular flexibility index (Phi) is 2.72. The molecule has 0 amide bonds. The molecule has 1 rings (SSSR count). The lowest BCUT2D eigenvalue weighted by Gasteiger charge is -1.99. The number of aromatic amines is 1. The molecule has 0 unspecified atom stereocenters. The molecule has 11 heavy (non-hydrogen) atoms. The van der Waals surface area contributed by atoms with Gasteiger partial charge in [0.15, 0.2) is 0 Å². The van der Waals surface area contributed by atoms with E-state index in [2.05, 4.69) is 22.2 Å². The van der Waals surface area contributed by atoms with Crippen LogP contribution in [0.3, 0.4) is 0 Å². The Bertz CT molecular complexity index is 237. The van der Waals surface area contributed by atoms with Crippen LogP contribution >= 0.6 is 0 Å². The van der Waals surface area contributed by atoms with Crippen molar-refractivity contribution < 1.29 is 0 Å². The van der Waals surface area contributed by atoms with E-state index in [9.17, 15) is 0 Å². The summed E-state index contributed by atoms with van der Waals surface area (Å²) in [6.07, 6.45) is 3.73. The summed E-state index contributed by atoms with van der Waals surface area (Å²) in [5, 5.41) is 3.19. The van der Waals surface area contributed by atoms with Gasteiger partial charge in [-0.15, -0.1) is 0 Å². The number of rotatable bonds is 3. The summed E-state index contributed by atoms with van der Waals surface area (Å²) in [7, 11) is 1.77. The van der Waals surface area contributed by atoms with E-state index >= 15 is 0 Å². The largest absolute Gasteiger partial charge is 0.371 e. The smallest absolute Gasteiger partial charge is 0.112 e. The lowest BCUT2D eigenvalue weighted by Crippen LogP contribution is -1.99. The van der Waals surface area contributed by atoms with Crippen molar-refractivity contribution in [2.24, 2.45) is 4.99 Å². The number of hydrogen-bond donors (Lipinski definition) is 2. The Morgan fingerprint density at radius 3 is 3.18 bits per heavy atom. The minimum absolute atomic E-state index is 0.922. The molecule has 0 atom stereocenters. The van der Waals surface area contributed by atoms with Crippen LogP contribution in [0.2, 0.25) is 0 Å². The first-order valence-corrected chi connectivity index (χ1v) is 3.72. The van der Waals surface area contributed by atoms with Crippen LogP contribution in [0.4, 0.5) is 5.82 Å². The van der Waals surface area contributed by atoms with Gasteiger partial charge in [-0.2, -0.15) is 0 Å². The number of aromatic nitrogens is 1. The molecule has 2 N–H and O–H groups in total. The van der Waals surface area contributed by atoms with Crippen molar-refractivity contribution in [1.29, 1.82) is 0 Å². The van der Waals surface area contributed by atoms with E-state index in [0.717, 1.165) is 17.9 Å². The molecule has 0 aliphatic heterocycles. The molecule has 0 radical (unpaired) electrons. The van der Waals surface area contributed by atoms with E-state index in [1.54, 1.807) is 7.05 Å². The minimum Gasteiger partial charge on any atom is -0.371 e. The lowest BCUT2D eigenvalue weighted by atomic mass is 10.3. The zero-order valence-corrected chi connectivity index (χ0v) is 6.89. The highest BCUT2D eigenvalue weighted by Gasteiger charge is 1.96. The van der Waals surface area contributed by atoms with E-state index in [4.69, 9.17) is 0 Å². The molecule has 0 saturated heterocycles. The second-order valence-corrected chi connectivity index (χ2v) is 2.23. The summed E-state index contributed by atoms with van der Waals surface area (Å²) < 4.78 is 0. The van der Waals surface area contributed by atoms with E-state index in [-0.39, 0.29) is 0 Å². The summed E-state index contributed by atoms with van der Waals surface area (Å²) in [6, 6.07) is 1.99.